The number of nitro groups is 1. The smallest absolute Gasteiger partial charge is 0.276 e. The molecule has 4 rings (SSSR count). The molecule has 12 nitrogen and oxygen atoms in total. The number of fused-ring (bicyclic) bond motifs is 1. The minimum atomic E-state index is -0.489. The van der Waals surface area contributed by atoms with Gasteiger partial charge in [0.1, 0.15) is 0 Å². The third-order valence-electron chi connectivity index (χ3n) is 5.13. The fraction of sp³-hybridized carbons (Fsp3) is 0.273. The summed E-state index contributed by atoms with van der Waals surface area (Å²) in [4.78, 5) is 38.6. The van der Waals surface area contributed by atoms with Crippen LogP contribution < -0.4 is 10.6 Å². The highest BCUT2D eigenvalue weighted by Crippen LogP contribution is 2.27. The highest BCUT2D eigenvalue weighted by Gasteiger charge is 2.27. The molecule has 2 N–H and O–H groups in total. The summed E-state index contributed by atoms with van der Waals surface area (Å²) >= 11 is 0. The number of aromatic nitrogens is 2. The van der Waals surface area contributed by atoms with E-state index in [0.717, 1.165) is 5.57 Å². The minimum Gasteiger partial charge on any atom is -0.367 e. The van der Waals surface area contributed by atoms with Crippen LogP contribution in [0.25, 0.3) is 11.4 Å². The standard InChI is InChI=1S/C22H21N7O5/c30-18(23-11-12-24-21-16-7-1-2-8-17(16)22(31)27-26-21)9-4-10-19-25-20(28-34-19)14-5-3-6-15(13-14)29(32)33/h1-3,5-8,13,17,24H,4,9-12H2,(H,23,30). The predicted molar refractivity (Wildman–Crippen MR) is 119 cm³/mol. The van der Waals surface area contributed by atoms with E-state index in [0.29, 0.717) is 43.2 Å². The predicted octanol–water partition coefficient (Wildman–Crippen LogP) is 2.62. The molecule has 2 amide bonds. The van der Waals surface area contributed by atoms with E-state index in [1.165, 1.54) is 12.1 Å². The first-order valence-corrected chi connectivity index (χ1v) is 10.6. The van der Waals surface area contributed by atoms with Gasteiger partial charge in [0.25, 0.3) is 11.6 Å². The van der Waals surface area contributed by atoms with Gasteiger partial charge in [-0.3, -0.25) is 19.7 Å². The number of carbonyl (C=O) groups excluding carboxylic acids is 2. The maximum absolute atomic E-state index is 12.1. The lowest BCUT2D eigenvalue weighted by atomic mass is 9.93. The number of nitro benzene ring substituents is 1. The first kappa shape index (κ1) is 22.7. The Bertz CT molecular complexity index is 1230. The van der Waals surface area contributed by atoms with E-state index in [9.17, 15) is 19.7 Å². The number of amides is 2. The summed E-state index contributed by atoms with van der Waals surface area (Å²) in [6.45, 7) is 0.805. The summed E-state index contributed by atoms with van der Waals surface area (Å²) < 4.78 is 5.19. The number of nitrogens with zero attached hydrogens (tertiary/aromatic N) is 5. The van der Waals surface area contributed by atoms with Crippen LogP contribution in [0.2, 0.25) is 0 Å². The largest absolute Gasteiger partial charge is 0.367 e. The van der Waals surface area contributed by atoms with Gasteiger partial charge in [-0.05, 0) is 6.42 Å². The summed E-state index contributed by atoms with van der Waals surface area (Å²) in [5, 5.41) is 28.3. The fourth-order valence-corrected chi connectivity index (χ4v) is 3.44. The average molecular weight is 463 g/mol. The van der Waals surface area contributed by atoms with Crippen molar-refractivity contribution in [3.05, 3.63) is 76.0 Å². The fourth-order valence-electron chi connectivity index (χ4n) is 3.44. The van der Waals surface area contributed by atoms with Gasteiger partial charge in [0.2, 0.25) is 17.6 Å². The monoisotopic (exact) mass is 463 g/mol. The Labute approximate surface area is 193 Å². The first-order valence-electron chi connectivity index (χ1n) is 10.6. The number of aryl methyl sites for hydroxylation is 1. The molecule has 1 aliphatic carbocycles. The molecule has 0 radical (unpaired) electrons. The van der Waals surface area contributed by atoms with Gasteiger partial charge in [-0.25, -0.2) is 0 Å². The third-order valence-corrected chi connectivity index (χ3v) is 5.13. The first-order chi connectivity index (χ1) is 16.5. The van der Waals surface area contributed by atoms with E-state index in [1.54, 1.807) is 24.3 Å². The summed E-state index contributed by atoms with van der Waals surface area (Å²) in [5.41, 5.74) is 1.19. The van der Waals surface area contributed by atoms with E-state index >= 15 is 0 Å². The van der Waals surface area contributed by atoms with Gasteiger partial charge in [0.15, 0.2) is 5.82 Å². The quantitative estimate of drug-likeness (QED) is 0.308. The number of azo groups is 1. The van der Waals surface area contributed by atoms with E-state index < -0.39 is 10.8 Å². The van der Waals surface area contributed by atoms with Gasteiger partial charge in [0.05, 0.1) is 10.8 Å². The van der Waals surface area contributed by atoms with Crippen molar-refractivity contribution in [1.82, 2.24) is 20.8 Å². The Kier molecular flexibility index (Phi) is 6.96. The second-order valence-corrected chi connectivity index (χ2v) is 7.51. The Morgan fingerprint density at radius 3 is 2.94 bits per heavy atom. The Hall–Kier alpha value is -4.48. The molecule has 12 heteroatoms. The summed E-state index contributed by atoms with van der Waals surface area (Å²) in [7, 11) is 0. The van der Waals surface area contributed by atoms with E-state index in [4.69, 9.17) is 4.52 Å². The van der Waals surface area contributed by atoms with Crippen LogP contribution in [0.5, 0.6) is 0 Å². The number of nitrogens with one attached hydrogen (secondary N) is 2. The van der Waals surface area contributed by atoms with Crippen molar-refractivity contribution in [2.45, 2.75) is 19.3 Å². The molecule has 2 aliphatic rings. The van der Waals surface area contributed by atoms with Crippen molar-refractivity contribution in [3.8, 4) is 11.4 Å². The number of non-ortho nitro benzene ring substituents is 1. The van der Waals surface area contributed by atoms with Crippen LogP contribution in [0.4, 0.5) is 5.69 Å². The van der Waals surface area contributed by atoms with Crippen molar-refractivity contribution >= 4 is 17.5 Å². The summed E-state index contributed by atoms with van der Waals surface area (Å²) in [5.74, 6) is 0.296. The number of hydrogen-bond acceptors (Lipinski definition) is 9. The molecule has 0 bridgehead atoms. The summed E-state index contributed by atoms with van der Waals surface area (Å²) in [6.07, 6.45) is 8.40. The molecule has 0 saturated heterocycles. The number of carbonyl (C=O) groups is 2. The molecule has 0 saturated carbocycles. The van der Waals surface area contributed by atoms with E-state index in [1.807, 2.05) is 12.2 Å². The van der Waals surface area contributed by atoms with Gasteiger partial charge in [-0.2, -0.15) is 4.98 Å². The molecule has 2 aromatic rings. The Morgan fingerprint density at radius 2 is 2.09 bits per heavy atom. The number of hydrogen-bond donors (Lipinski definition) is 2. The number of rotatable bonds is 10. The van der Waals surface area contributed by atoms with Crippen molar-refractivity contribution < 1.29 is 19.0 Å². The number of allylic oxidation sites excluding steroid dienone is 3. The van der Waals surface area contributed by atoms with Crippen LogP contribution in [0, 0.1) is 16.0 Å². The molecule has 2 heterocycles. The van der Waals surface area contributed by atoms with Gasteiger partial charge in [-0.15, -0.1) is 10.2 Å². The van der Waals surface area contributed by atoms with Crippen molar-refractivity contribution in [3.63, 3.8) is 0 Å². The lowest BCUT2D eigenvalue weighted by Gasteiger charge is -2.20. The molecule has 1 aliphatic heterocycles. The average Bonchev–Trinajstić information content (AvgIpc) is 3.32. The van der Waals surface area contributed by atoms with Crippen LogP contribution in [-0.4, -0.2) is 40.0 Å². The zero-order valence-electron chi connectivity index (χ0n) is 18.0. The normalized spacial score (nSPS) is 16.5. The zero-order chi connectivity index (χ0) is 23.9. The highest BCUT2D eigenvalue weighted by molar-refractivity contribution is 5.86. The molecule has 1 aromatic carbocycles. The van der Waals surface area contributed by atoms with Crippen LogP contribution in [-0.2, 0) is 16.0 Å². The highest BCUT2D eigenvalue weighted by atomic mass is 16.6. The topological polar surface area (TPSA) is 165 Å². The maximum Gasteiger partial charge on any atom is 0.276 e. The molecule has 0 fully saturated rings. The SMILES string of the molecule is O=C(CCCc1nc(-c2cccc([N+](=O)[O-])c2)no1)NCCNC1=C2C=CC=CC2C(=O)N=N1. The zero-order valence-corrected chi connectivity index (χ0v) is 18.0. The number of benzene rings is 1. The van der Waals surface area contributed by atoms with Gasteiger partial charge in [0, 0.05) is 49.2 Å². The van der Waals surface area contributed by atoms with Gasteiger partial charge >= 0.3 is 0 Å². The molecular weight excluding hydrogens is 442 g/mol. The van der Waals surface area contributed by atoms with Gasteiger partial charge in [-0.1, -0.05) is 41.6 Å². The second-order valence-electron chi connectivity index (χ2n) is 7.51. The van der Waals surface area contributed by atoms with Crippen molar-refractivity contribution in [1.29, 1.82) is 0 Å². The molecule has 34 heavy (non-hydrogen) atoms. The van der Waals surface area contributed by atoms with Crippen molar-refractivity contribution in [2.75, 3.05) is 13.1 Å². The van der Waals surface area contributed by atoms with Crippen molar-refractivity contribution in [2.24, 2.45) is 16.1 Å². The van der Waals surface area contributed by atoms with E-state index in [2.05, 4.69) is 31.0 Å². The Morgan fingerprint density at radius 1 is 1.21 bits per heavy atom. The summed E-state index contributed by atoms with van der Waals surface area (Å²) in [6, 6.07) is 5.98. The molecule has 1 unspecified atom stereocenters. The Balaban J connectivity index is 1.18. The van der Waals surface area contributed by atoms with E-state index in [-0.39, 0.29) is 29.7 Å². The third kappa shape index (κ3) is 5.46. The van der Waals surface area contributed by atoms with Crippen LogP contribution in [0.15, 0.2) is 74.7 Å². The molecule has 1 atom stereocenters. The van der Waals surface area contributed by atoms with Crippen LogP contribution in [0.3, 0.4) is 0 Å². The molecule has 0 spiro atoms. The maximum atomic E-state index is 12.1. The minimum absolute atomic E-state index is 0.0566. The molecule has 174 valence electrons. The second kappa shape index (κ2) is 10.4. The van der Waals surface area contributed by atoms with Gasteiger partial charge < -0.3 is 15.2 Å². The van der Waals surface area contributed by atoms with Crippen LogP contribution >= 0.6 is 0 Å². The molecular formula is C22H21N7O5. The lowest BCUT2D eigenvalue weighted by molar-refractivity contribution is -0.384. The lowest BCUT2D eigenvalue weighted by Crippen LogP contribution is -2.32. The van der Waals surface area contributed by atoms with Crippen LogP contribution in [0.1, 0.15) is 18.7 Å². The molecule has 1 aromatic heterocycles.